The normalized spacial score (nSPS) is 16.6. The van der Waals surface area contributed by atoms with Crippen LogP contribution in [-0.4, -0.2) is 23.8 Å². The number of hydrogen-bond donors (Lipinski definition) is 1. The molecule has 1 heterocycles. The molecule has 27 heavy (non-hydrogen) atoms. The molecule has 6 nitrogen and oxygen atoms in total. The highest BCUT2D eigenvalue weighted by Gasteiger charge is 2.39. The van der Waals surface area contributed by atoms with Crippen molar-refractivity contribution < 1.29 is 19.5 Å². The van der Waals surface area contributed by atoms with E-state index in [9.17, 15) is 19.5 Å². The van der Waals surface area contributed by atoms with Crippen molar-refractivity contribution in [1.29, 1.82) is 0 Å². The minimum atomic E-state index is -1.26. The summed E-state index contributed by atoms with van der Waals surface area (Å²) < 4.78 is 0. The predicted molar refractivity (Wildman–Crippen MR) is 100 cm³/mol. The van der Waals surface area contributed by atoms with E-state index in [1.165, 1.54) is 22.6 Å². The number of carboxylic acids is 1. The lowest BCUT2D eigenvalue weighted by molar-refractivity contribution is -0.255. The molecule has 0 saturated carbocycles. The van der Waals surface area contributed by atoms with Gasteiger partial charge in [-0.1, -0.05) is 37.6 Å². The summed E-state index contributed by atoms with van der Waals surface area (Å²) in [5.41, 5.74) is 2.38. The molecule has 2 aromatic carbocycles. The van der Waals surface area contributed by atoms with Gasteiger partial charge < -0.3 is 15.2 Å². The Morgan fingerprint density at radius 3 is 2.37 bits per heavy atom. The molecule has 1 saturated heterocycles. The van der Waals surface area contributed by atoms with E-state index in [4.69, 9.17) is 0 Å². The Morgan fingerprint density at radius 1 is 1.11 bits per heavy atom. The summed E-state index contributed by atoms with van der Waals surface area (Å²) in [6.45, 7) is 2.13. The standard InChI is InChI=1S/C21H22N2O4/c1-2-3-4-14-5-11-17(12-6-14)23-19(24)13-18(20(23)25)22-16-9-7-15(8-10-16)21(26)27/h5-12,18,22H,2-4,13H2,1H3,(H,26,27)/p-1/t18-/m1/s1. The maximum absolute atomic E-state index is 12.7. The molecule has 6 heteroatoms. The number of aryl methyl sites for hydroxylation is 1. The van der Waals surface area contributed by atoms with E-state index >= 15 is 0 Å². The first-order valence-corrected chi connectivity index (χ1v) is 9.03. The van der Waals surface area contributed by atoms with Crippen molar-refractivity contribution >= 4 is 29.2 Å². The van der Waals surface area contributed by atoms with E-state index in [1.807, 2.05) is 12.1 Å². The van der Waals surface area contributed by atoms with Gasteiger partial charge in [-0.2, -0.15) is 0 Å². The van der Waals surface area contributed by atoms with E-state index in [2.05, 4.69) is 12.2 Å². The molecule has 2 aromatic rings. The SMILES string of the molecule is CCCCc1ccc(N2C(=O)C[C@@H](Nc3ccc(C(=O)[O-])cc3)C2=O)cc1. The number of unbranched alkanes of at least 4 members (excludes halogenated alkanes) is 1. The number of carbonyl (C=O) groups is 3. The number of carboxylic acid groups (broad SMARTS) is 1. The van der Waals surface area contributed by atoms with Crippen molar-refractivity contribution in [3.05, 3.63) is 59.7 Å². The molecule has 0 radical (unpaired) electrons. The quantitative estimate of drug-likeness (QED) is 0.759. The van der Waals surface area contributed by atoms with Gasteiger partial charge in [0.15, 0.2) is 0 Å². The van der Waals surface area contributed by atoms with Crippen molar-refractivity contribution in [2.24, 2.45) is 0 Å². The molecule has 2 amide bonds. The van der Waals surface area contributed by atoms with Gasteiger partial charge in [-0.15, -0.1) is 0 Å². The zero-order valence-electron chi connectivity index (χ0n) is 15.1. The van der Waals surface area contributed by atoms with Crippen LogP contribution < -0.4 is 15.3 Å². The number of carbonyl (C=O) groups excluding carboxylic acids is 3. The molecule has 3 rings (SSSR count). The van der Waals surface area contributed by atoms with Crippen LogP contribution in [0.15, 0.2) is 48.5 Å². The molecule has 1 N–H and O–H groups in total. The number of nitrogens with one attached hydrogen (secondary N) is 1. The maximum atomic E-state index is 12.7. The van der Waals surface area contributed by atoms with Gasteiger partial charge in [-0.05, 0) is 48.2 Å². The summed E-state index contributed by atoms with van der Waals surface area (Å²) in [4.78, 5) is 37.1. The van der Waals surface area contributed by atoms with Crippen LogP contribution in [0.3, 0.4) is 0 Å². The first kappa shape index (κ1) is 18.6. The number of imide groups is 1. The molecule has 0 aliphatic carbocycles. The largest absolute Gasteiger partial charge is 0.545 e. The third kappa shape index (κ3) is 4.16. The van der Waals surface area contributed by atoms with E-state index in [-0.39, 0.29) is 23.8 Å². The molecule has 1 atom stereocenters. The van der Waals surface area contributed by atoms with Crippen molar-refractivity contribution in [2.75, 3.05) is 10.2 Å². The fourth-order valence-corrected chi connectivity index (χ4v) is 3.11. The second-order valence-corrected chi connectivity index (χ2v) is 6.60. The maximum Gasteiger partial charge on any atom is 0.256 e. The van der Waals surface area contributed by atoms with Crippen LogP contribution in [0, 0.1) is 0 Å². The number of benzene rings is 2. The molecule has 0 bridgehead atoms. The van der Waals surface area contributed by atoms with Gasteiger partial charge in [0.2, 0.25) is 5.91 Å². The Bertz CT molecular complexity index is 843. The lowest BCUT2D eigenvalue weighted by Gasteiger charge is -2.17. The number of rotatable bonds is 7. The summed E-state index contributed by atoms with van der Waals surface area (Å²) in [6, 6.07) is 12.7. The van der Waals surface area contributed by atoms with Crippen LogP contribution in [0.4, 0.5) is 11.4 Å². The average Bonchev–Trinajstić information content (AvgIpc) is 2.94. The van der Waals surface area contributed by atoms with Crippen molar-refractivity contribution in [1.82, 2.24) is 0 Å². The summed E-state index contributed by atoms with van der Waals surface area (Å²) in [5.74, 6) is -1.84. The fraction of sp³-hybridized carbons (Fsp3) is 0.286. The lowest BCUT2D eigenvalue weighted by Crippen LogP contribution is -2.34. The van der Waals surface area contributed by atoms with Gasteiger partial charge in [0.25, 0.3) is 5.91 Å². The average molecular weight is 365 g/mol. The molecule has 1 aliphatic heterocycles. The highest BCUT2D eigenvalue weighted by Crippen LogP contribution is 2.25. The van der Waals surface area contributed by atoms with E-state index < -0.39 is 12.0 Å². The van der Waals surface area contributed by atoms with Gasteiger partial charge in [0, 0.05) is 5.69 Å². The van der Waals surface area contributed by atoms with Crippen LogP contribution in [0.2, 0.25) is 0 Å². The van der Waals surface area contributed by atoms with Crippen molar-refractivity contribution in [3.8, 4) is 0 Å². The highest BCUT2D eigenvalue weighted by atomic mass is 16.4. The van der Waals surface area contributed by atoms with Crippen LogP contribution in [0.25, 0.3) is 0 Å². The summed E-state index contributed by atoms with van der Waals surface area (Å²) >= 11 is 0. The lowest BCUT2D eigenvalue weighted by atomic mass is 10.1. The Balaban J connectivity index is 1.70. The molecule has 0 unspecified atom stereocenters. The van der Waals surface area contributed by atoms with Gasteiger partial charge in [-0.25, -0.2) is 4.90 Å². The van der Waals surface area contributed by atoms with Gasteiger partial charge in [0.05, 0.1) is 18.1 Å². The first-order valence-electron chi connectivity index (χ1n) is 9.03. The Kier molecular flexibility index (Phi) is 5.54. The van der Waals surface area contributed by atoms with Gasteiger partial charge in [0.1, 0.15) is 6.04 Å². The molecule has 140 valence electrons. The second-order valence-electron chi connectivity index (χ2n) is 6.60. The topological polar surface area (TPSA) is 89.5 Å². The molecule has 0 aromatic heterocycles. The number of amides is 2. The Labute approximate surface area is 157 Å². The molecular formula is C21H21N2O4-. The summed E-state index contributed by atoms with van der Waals surface area (Å²) in [6.07, 6.45) is 3.25. The predicted octanol–water partition coefficient (Wildman–Crippen LogP) is 2.14. The third-order valence-electron chi connectivity index (χ3n) is 4.62. The minimum absolute atomic E-state index is 0.0542. The monoisotopic (exact) mass is 365 g/mol. The van der Waals surface area contributed by atoms with Crippen molar-refractivity contribution in [3.63, 3.8) is 0 Å². The summed E-state index contributed by atoms with van der Waals surface area (Å²) in [5, 5.41) is 13.8. The van der Waals surface area contributed by atoms with E-state index in [1.54, 1.807) is 24.3 Å². The second kappa shape index (κ2) is 8.03. The van der Waals surface area contributed by atoms with Gasteiger partial charge in [-0.3, -0.25) is 9.59 Å². The molecule has 1 aliphatic rings. The van der Waals surface area contributed by atoms with Gasteiger partial charge >= 0.3 is 0 Å². The number of hydrogen-bond acceptors (Lipinski definition) is 5. The molecule has 0 spiro atoms. The molecule has 1 fully saturated rings. The minimum Gasteiger partial charge on any atom is -0.545 e. The number of aromatic carboxylic acids is 1. The third-order valence-corrected chi connectivity index (χ3v) is 4.62. The highest BCUT2D eigenvalue weighted by molar-refractivity contribution is 6.23. The van der Waals surface area contributed by atoms with Crippen LogP contribution in [0.5, 0.6) is 0 Å². The fourth-order valence-electron chi connectivity index (χ4n) is 3.11. The number of nitrogens with zero attached hydrogens (tertiary/aromatic N) is 1. The van der Waals surface area contributed by atoms with Crippen LogP contribution in [-0.2, 0) is 16.0 Å². The summed E-state index contributed by atoms with van der Waals surface area (Å²) in [7, 11) is 0. The van der Waals surface area contributed by atoms with Crippen LogP contribution in [0.1, 0.15) is 42.1 Å². The first-order chi connectivity index (χ1) is 13.0. The van der Waals surface area contributed by atoms with Crippen LogP contribution >= 0.6 is 0 Å². The zero-order valence-corrected chi connectivity index (χ0v) is 15.1. The van der Waals surface area contributed by atoms with Crippen molar-refractivity contribution in [2.45, 2.75) is 38.6 Å². The zero-order chi connectivity index (χ0) is 19.4. The van der Waals surface area contributed by atoms with E-state index in [0.29, 0.717) is 11.4 Å². The number of anilines is 2. The Morgan fingerprint density at radius 2 is 1.78 bits per heavy atom. The smallest absolute Gasteiger partial charge is 0.256 e. The molecular weight excluding hydrogens is 344 g/mol. The Hall–Kier alpha value is -3.15. The van der Waals surface area contributed by atoms with E-state index in [0.717, 1.165) is 19.3 Å².